The molecule has 0 unspecified atom stereocenters. The van der Waals surface area contributed by atoms with E-state index < -0.39 is 30.7 Å². The molecule has 7 nitrogen and oxygen atoms in total. The lowest BCUT2D eigenvalue weighted by Crippen LogP contribution is -2.12. The topological polar surface area (TPSA) is 108 Å². The summed E-state index contributed by atoms with van der Waals surface area (Å²) in [6.45, 7) is 1.22. The van der Waals surface area contributed by atoms with Gasteiger partial charge in [0.15, 0.2) is 0 Å². The third-order valence-corrected chi connectivity index (χ3v) is 3.74. The summed E-state index contributed by atoms with van der Waals surface area (Å²) < 4.78 is 58.2. The number of esters is 2. The number of nitrogen functional groups attached to an aromatic ring is 1. The van der Waals surface area contributed by atoms with Gasteiger partial charge in [-0.15, -0.1) is 0 Å². The Kier molecular flexibility index (Phi) is 9.45. The highest BCUT2D eigenvalue weighted by atomic mass is 19.3. The monoisotopic (exact) mass is 444 g/mol. The molecule has 3 N–H and O–H groups in total. The summed E-state index contributed by atoms with van der Waals surface area (Å²) in [5.41, 5.74) is 5.05. The van der Waals surface area contributed by atoms with E-state index in [1.54, 1.807) is 0 Å². The largest absolute Gasteiger partial charge is 0.465 e. The van der Waals surface area contributed by atoms with Crippen LogP contribution in [0.2, 0.25) is 0 Å². The van der Waals surface area contributed by atoms with Crippen molar-refractivity contribution in [2.75, 3.05) is 25.3 Å². The molecule has 2 aromatic rings. The van der Waals surface area contributed by atoms with Crippen LogP contribution in [-0.4, -0.2) is 32.1 Å². The second-order valence-electron chi connectivity index (χ2n) is 5.92. The lowest BCUT2D eigenvalue weighted by molar-refractivity contribution is -0.114. The molecule has 0 aliphatic rings. The van der Waals surface area contributed by atoms with Gasteiger partial charge < -0.3 is 20.5 Å². The van der Waals surface area contributed by atoms with Gasteiger partial charge in [0.25, 0.3) is 12.9 Å². The van der Waals surface area contributed by atoms with E-state index in [1.165, 1.54) is 33.3 Å². The Hall–Kier alpha value is -3.63. The highest BCUT2D eigenvalue weighted by Crippen LogP contribution is 2.26. The Morgan fingerprint density at radius 2 is 1.29 bits per heavy atom. The van der Waals surface area contributed by atoms with Gasteiger partial charge in [-0.2, -0.15) is 0 Å². The summed E-state index contributed by atoms with van der Waals surface area (Å²) in [6, 6.07) is 6.80. The van der Waals surface area contributed by atoms with Gasteiger partial charge in [0.05, 0.1) is 31.0 Å². The maximum absolute atomic E-state index is 12.5. The maximum atomic E-state index is 12.5. The summed E-state index contributed by atoms with van der Waals surface area (Å²) in [5, 5.41) is 2.31. The van der Waals surface area contributed by atoms with Crippen molar-refractivity contribution in [1.29, 1.82) is 0 Å². The molecule has 2 aromatic carbocycles. The van der Waals surface area contributed by atoms with Crippen LogP contribution in [0, 0.1) is 0 Å². The molecule has 1 amide bonds. The quantitative estimate of drug-likeness (QED) is 0.403. The highest BCUT2D eigenvalue weighted by molar-refractivity contribution is 6.00. The van der Waals surface area contributed by atoms with E-state index in [0.29, 0.717) is 0 Å². The van der Waals surface area contributed by atoms with Crippen molar-refractivity contribution in [2.45, 2.75) is 19.8 Å². The van der Waals surface area contributed by atoms with E-state index >= 15 is 0 Å². The third-order valence-electron chi connectivity index (χ3n) is 3.74. The van der Waals surface area contributed by atoms with Gasteiger partial charge in [-0.1, -0.05) is 12.1 Å². The molecule has 11 heteroatoms. The lowest BCUT2D eigenvalue weighted by atomic mass is 10.1. The van der Waals surface area contributed by atoms with E-state index in [2.05, 4.69) is 14.8 Å². The number of ether oxygens (including phenoxy) is 2. The van der Waals surface area contributed by atoms with E-state index in [0.717, 1.165) is 24.3 Å². The fraction of sp³-hybridized carbons (Fsp3) is 0.250. The first kappa shape index (κ1) is 25.4. The Labute approximate surface area is 175 Å². The number of hydrogen-bond donors (Lipinski definition) is 2. The summed E-state index contributed by atoms with van der Waals surface area (Å²) >= 11 is 0. The predicted octanol–water partition coefficient (Wildman–Crippen LogP) is 4.36. The Bertz CT molecular complexity index is 951. The average molecular weight is 444 g/mol. The first-order valence-corrected chi connectivity index (χ1v) is 8.55. The molecular formula is C20H20F4N2O5. The second kappa shape index (κ2) is 11.5. The van der Waals surface area contributed by atoms with Crippen molar-refractivity contribution in [3.63, 3.8) is 0 Å². The molecule has 0 saturated carbocycles. The van der Waals surface area contributed by atoms with E-state index in [9.17, 15) is 31.9 Å². The number of hydrogen-bond acceptors (Lipinski definition) is 6. The van der Waals surface area contributed by atoms with Crippen LogP contribution in [0.25, 0.3) is 0 Å². The van der Waals surface area contributed by atoms with Crippen LogP contribution < -0.4 is 11.1 Å². The van der Waals surface area contributed by atoms with Gasteiger partial charge in [-0.05, 0) is 24.3 Å². The Morgan fingerprint density at radius 3 is 1.71 bits per heavy atom. The van der Waals surface area contributed by atoms with Crippen molar-refractivity contribution in [3.8, 4) is 0 Å². The molecule has 0 spiro atoms. The van der Waals surface area contributed by atoms with Crippen LogP contribution in [0.5, 0.6) is 0 Å². The second-order valence-corrected chi connectivity index (χ2v) is 5.92. The third kappa shape index (κ3) is 7.28. The summed E-state index contributed by atoms with van der Waals surface area (Å²) in [4.78, 5) is 33.3. The van der Waals surface area contributed by atoms with Gasteiger partial charge in [0.1, 0.15) is 0 Å². The molecule has 168 valence electrons. The van der Waals surface area contributed by atoms with Gasteiger partial charge >= 0.3 is 11.9 Å². The number of benzene rings is 2. The standard InChI is InChI=1S/C11H11F2NO3.C9H9F2NO2/c1-6(15)14-9-5-7(10(12)13)3-4-8(9)11(16)17-2;1-14-9(13)6-3-2-5(8(10)11)4-7(6)12/h3-5,10H,1-2H3,(H,14,15);2-4,8H,12H2,1H3. The van der Waals surface area contributed by atoms with Crippen LogP contribution in [0.4, 0.5) is 28.9 Å². The molecule has 0 aliphatic heterocycles. The molecule has 0 aliphatic carbocycles. The fourth-order valence-electron chi connectivity index (χ4n) is 2.29. The molecule has 0 fully saturated rings. The van der Waals surface area contributed by atoms with Crippen molar-refractivity contribution in [1.82, 2.24) is 0 Å². The molecule has 0 radical (unpaired) electrons. The van der Waals surface area contributed by atoms with Crippen molar-refractivity contribution in [2.24, 2.45) is 0 Å². The minimum absolute atomic E-state index is 0.00495. The average Bonchev–Trinajstić information content (AvgIpc) is 2.72. The normalized spacial score (nSPS) is 10.2. The first-order chi connectivity index (χ1) is 14.5. The van der Waals surface area contributed by atoms with Crippen molar-refractivity contribution >= 4 is 29.2 Å². The number of carbonyl (C=O) groups is 3. The summed E-state index contributed by atoms with van der Waals surface area (Å²) in [5.74, 6) is -1.79. The van der Waals surface area contributed by atoms with Crippen LogP contribution >= 0.6 is 0 Å². The Balaban J connectivity index is 0.000000316. The number of nitrogens with two attached hydrogens (primary N) is 1. The molecule has 0 saturated heterocycles. The molecule has 0 atom stereocenters. The highest BCUT2D eigenvalue weighted by Gasteiger charge is 2.16. The van der Waals surface area contributed by atoms with Gasteiger partial charge in [-0.25, -0.2) is 27.2 Å². The number of carbonyl (C=O) groups excluding carboxylic acids is 3. The number of alkyl halides is 4. The molecule has 0 heterocycles. The van der Waals surface area contributed by atoms with E-state index in [4.69, 9.17) is 5.73 Å². The molecule has 0 bridgehead atoms. The predicted molar refractivity (Wildman–Crippen MR) is 104 cm³/mol. The summed E-state index contributed by atoms with van der Waals surface area (Å²) in [6.07, 6.45) is -5.27. The molecule has 0 aromatic heterocycles. The zero-order chi connectivity index (χ0) is 23.7. The minimum Gasteiger partial charge on any atom is -0.465 e. The van der Waals surface area contributed by atoms with Crippen LogP contribution in [0.3, 0.4) is 0 Å². The summed E-state index contributed by atoms with van der Waals surface area (Å²) in [7, 11) is 2.36. The number of nitrogens with one attached hydrogen (secondary N) is 1. The number of methoxy groups -OCH3 is 2. The van der Waals surface area contributed by atoms with Crippen LogP contribution in [-0.2, 0) is 14.3 Å². The van der Waals surface area contributed by atoms with Crippen LogP contribution in [0.1, 0.15) is 51.6 Å². The van der Waals surface area contributed by atoms with Crippen molar-refractivity contribution in [3.05, 3.63) is 58.7 Å². The van der Waals surface area contributed by atoms with E-state index in [-0.39, 0.29) is 33.6 Å². The maximum Gasteiger partial charge on any atom is 0.339 e. The Morgan fingerprint density at radius 1 is 0.839 bits per heavy atom. The fourth-order valence-corrected chi connectivity index (χ4v) is 2.29. The SMILES string of the molecule is COC(=O)c1ccc(C(F)F)cc1N.COC(=O)c1ccc(C(F)F)cc1NC(C)=O. The molecule has 2 rings (SSSR count). The number of anilines is 2. The van der Waals surface area contributed by atoms with E-state index in [1.807, 2.05) is 0 Å². The zero-order valence-corrected chi connectivity index (χ0v) is 16.7. The lowest BCUT2D eigenvalue weighted by Gasteiger charge is -2.10. The molecule has 31 heavy (non-hydrogen) atoms. The molecular weight excluding hydrogens is 424 g/mol. The number of amides is 1. The van der Waals surface area contributed by atoms with Crippen LogP contribution in [0.15, 0.2) is 36.4 Å². The smallest absolute Gasteiger partial charge is 0.339 e. The van der Waals surface area contributed by atoms with Gasteiger partial charge in [-0.3, -0.25) is 4.79 Å². The minimum atomic E-state index is -2.67. The number of halogens is 4. The zero-order valence-electron chi connectivity index (χ0n) is 16.7. The number of rotatable bonds is 5. The van der Waals surface area contributed by atoms with Crippen molar-refractivity contribution < 1.29 is 41.4 Å². The van der Waals surface area contributed by atoms with Gasteiger partial charge in [0.2, 0.25) is 5.91 Å². The first-order valence-electron chi connectivity index (χ1n) is 8.55. The van der Waals surface area contributed by atoms with Gasteiger partial charge in [0, 0.05) is 23.7 Å².